The summed E-state index contributed by atoms with van der Waals surface area (Å²) in [6, 6.07) is 0. The number of aliphatic hydroxyl groups is 1. The topological polar surface area (TPSA) is 83.5 Å². The number of hydrogen-bond donors (Lipinski definition) is 3. The summed E-state index contributed by atoms with van der Waals surface area (Å²) in [5, 5.41) is 18.4. The highest BCUT2D eigenvalue weighted by Crippen LogP contribution is 2.57. The van der Waals surface area contributed by atoms with Gasteiger partial charge in [-0.2, -0.15) is 0 Å². The molecule has 3 N–H and O–H groups in total. The molecule has 152 valence electrons. The molecule has 1 amide bonds. The van der Waals surface area contributed by atoms with Gasteiger partial charge >= 0.3 is 0 Å². The van der Waals surface area contributed by atoms with Crippen LogP contribution < -0.4 is 10.6 Å². The summed E-state index contributed by atoms with van der Waals surface area (Å²) in [6.07, 6.45) is 2.39. The molecule has 0 unspecified atom stereocenters. The number of fused-ring (bicyclic) bond motifs is 2. The zero-order chi connectivity index (χ0) is 19.8. The fourth-order valence-electron chi connectivity index (χ4n) is 5.29. The van der Waals surface area contributed by atoms with Crippen LogP contribution in [-0.4, -0.2) is 49.4 Å². The maximum Gasteiger partial charge on any atom is 0.223 e. The van der Waals surface area contributed by atoms with Crippen LogP contribution in [0.5, 0.6) is 0 Å². The molecule has 0 bridgehead atoms. The van der Waals surface area contributed by atoms with Crippen molar-refractivity contribution in [3.05, 3.63) is 10.6 Å². The third kappa shape index (κ3) is 3.74. The van der Waals surface area contributed by atoms with E-state index in [0.717, 1.165) is 30.1 Å². The lowest BCUT2D eigenvalue weighted by atomic mass is 9.53. The Morgan fingerprint density at radius 1 is 1.52 bits per heavy atom. The van der Waals surface area contributed by atoms with E-state index in [9.17, 15) is 9.90 Å². The molecule has 2 aliphatic rings. The van der Waals surface area contributed by atoms with Crippen molar-refractivity contribution in [3.8, 4) is 0 Å². The summed E-state index contributed by atoms with van der Waals surface area (Å²) in [7, 11) is 3.52. The number of aromatic nitrogens is 1. The molecule has 7 heteroatoms. The Labute approximate surface area is 166 Å². The zero-order valence-electron chi connectivity index (χ0n) is 17.0. The van der Waals surface area contributed by atoms with E-state index < -0.39 is 6.10 Å². The van der Waals surface area contributed by atoms with Crippen LogP contribution in [0.25, 0.3) is 0 Å². The first kappa shape index (κ1) is 20.6. The van der Waals surface area contributed by atoms with Crippen molar-refractivity contribution in [2.24, 2.45) is 23.2 Å². The minimum atomic E-state index is -0.491. The Morgan fingerprint density at radius 2 is 2.26 bits per heavy atom. The summed E-state index contributed by atoms with van der Waals surface area (Å²) in [6.45, 7) is 7.45. The molecule has 1 aromatic heterocycles. The molecule has 1 aromatic rings. The predicted octanol–water partition coefficient (Wildman–Crippen LogP) is 2.64. The number of carbonyl (C=O) groups is 1. The molecule has 1 fully saturated rings. The number of thiazole rings is 1. The normalized spacial score (nSPS) is 33.7. The van der Waals surface area contributed by atoms with Crippen molar-refractivity contribution in [1.82, 2.24) is 10.3 Å². The number of nitrogens with zero attached hydrogens (tertiary/aromatic N) is 1. The van der Waals surface area contributed by atoms with Gasteiger partial charge in [-0.25, -0.2) is 4.98 Å². The molecule has 1 heterocycles. The number of aliphatic hydroxyl groups excluding tert-OH is 1. The Kier molecular flexibility index (Phi) is 6.13. The van der Waals surface area contributed by atoms with Crippen LogP contribution in [0.1, 0.15) is 50.1 Å². The van der Waals surface area contributed by atoms with E-state index in [1.54, 1.807) is 18.4 Å². The minimum absolute atomic E-state index is 0.00924. The average molecular weight is 396 g/mol. The van der Waals surface area contributed by atoms with E-state index >= 15 is 0 Å². The first-order valence-electron chi connectivity index (χ1n) is 9.94. The van der Waals surface area contributed by atoms with Crippen LogP contribution in [-0.2, 0) is 16.0 Å². The zero-order valence-corrected chi connectivity index (χ0v) is 17.9. The van der Waals surface area contributed by atoms with Gasteiger partial charge in [-0.3, -0.25) is 4.79 Å². The van der Waals surface area contributed by atoms with Gasteiger partial charge in [0.25, 0.3) is 0 Å². The molecule has 0 saturated heterocycles. The van der Waals surface area contributed by atoms with E-state index in [0.29, 0.717) is 13.2 Å². The average Bonchev–Trinajstić information content (AvgIpc) is 3.04. The maximum atomic E-state index is 12.5. The number of methoxy groups -OCH3 is 1. The van der Waals surface area contributed by atoms with E-state index in [1.807, 2.05) is 14.0 Å². The highest BCUT2D eigenvalue weighted by molar-refractivity contribution is 7.15. The van der Waals surface area contributed by atoms with Crippen molar-refractivity contribution in [2.75, 3.05) is 32.6 Å². The van der Waals surface area contributed by atoms with E-state index in [2.05, 4.69) is 24.5 Å². The summed E-state index contributed by atoms with van der Waals surface area (Å²) < 4.78 is 5.01. The largest absolute Gasteiger partial charge is 0.392 e. The quantitative estimate of drug-likeness (QED) is 0.645. The summed E-state index contributed by atoms with van der Waals surface area (Å²) in [5.74, 6) is 0.105. The number of rotatable bonds is 6. The SMILES string of the molecule is CNc1nc2c(s1)C[C@]1(C)CC[C@@H]([C@H](C)C(=O)NCCOC)[C@H](O)[C@H]1[C@@H]2C. The van der Waals surface area contributed by atoms with Crippen LogP contribution in [0.2, 0.25) is 0 Å². The van der Waals surface area contributed by atoms with Gasteiger partial charge in [-0.05, 0) is 36.5 Å². The second-order valence-electron chi connectivity index (χ2n) is 8.49. The third-order valence-corrected chi connectivity index (χ3v) is 7.89. The third-order valence-electron chi connectivity index (χ3n) is 6.80. The van der Waals surface area contributed by atoms with Crippen LogP contribution in [0.3, 0.4) is 0 Å². The van der Waals surface area contributed by atoms with Gasteiger partial charge in [0.15, 0.2) is 5.13 Å². The molecule has 27 heavy (non-hydrogen) atoms. The number of amides is 1. The molecule has 0 radical (unpaired) electrons. The highest BCUT2D eigenvalue weighted by Gasteiger charge is 2.53. The van der Waals surface area contributed by atoms with E-state index in [1.165, 1.54) is 4.88 Å². The van der Waals surface area contributed by atoms with Crippen molar-refractivity contribution in [1.29, 1.82) is 0 Å². The molecule has 2 aliphatic carbocycles. The van der Waals surface area contributed by atoms with Crippen molar-refractivity contribution < 1.29 is 14.6 Å². The van der Waals surface area contributed by atoms with Gasteiger partial charge in [-0.1, -0.05) is 20.8 Å². The molecular weight excluding hydrogens is 362 g/mol. The highest BCUT2D eigenvalue weighted by atomic mass is 32.1. The molecule has 3 rings (SSSR count). The molecular formula is C20H33N3O3S. The molecule has 0 aliphatic heterocycles. The first-order chi connectivity index (χ1) is 12.8. The number of ether oxygens (including phenoxy) is 1. The van der Waals surface area contributed by atoms with Gasteiger partial charge in [0.1, 0.15) is 0 Å². The van der Waals surface area contributed by atoms with Gasteiger partial charge in [0, 0.05) is 37.4 Å². The smallest absolute Gasteiger partial charge is 0.223 e. The lowest BCUT2D eigenvalue weighted by Crippen LogP contribution is -2.53. The number of nitrogens with one attached hydrogen (secondary N) is 2. The van der Waals surface area contributed by atoms with Gasteiger partial charge in [-0.15, -0.1) is 11.3 Å². The summed E-state index contributed by atoms with van der Waals surface area (Å²) >= 11 is 1.74. The van der Waals surface area contributed by atoms with Crippen LogP contribution in [0.15, 0.2) is 0 Å². The molecule has 1 saturated carbocycles. The fourth-order valence-corrected chi connectivity index (χ4v) is 6.50. The molecule has 0 aromatic carbocycles. The second kappa shape index (κ2) is 8.05. The van der Waals surface area contributed by atoms with Crippen molar-refractivity contribution in [3.63, 3.8) is 0 Å². The standard InChI is InChI=1S/C20H33N3O3S/c1-11(18(25)22-8-9-26-5)13-6-7-20(3)10-14-16(23-19(21-4)27-14)12(2)15(20)17(13)24/h11-13,15,17,24H,6-10H2,1-5H3,(H,21,23)(H,22,25)/t11-,12-,13-,15+,17-,20-/m0/s1. The van der Waals surface area contributed by atoms with Crippen molar-refractivity contribution in [2.45, 2.75) is 52.1 Å². The van der Waals surface area contributed by atoms with Gasteiger partial charge in [0.05, 0.1) is 18.4 Å². The number of carbonyl (C=O) groups excluding carboxylic acids is 1. The van der Waals surface area contributed by atoms with E-state index in [4.69, 9.17) is 9.72 Å². The van der Waals surface area contributed by atoms with E-state index in [-0.39, 0.29) is 35.0 Å². The lowest BCUT2D eigenvalue weighted by molar-refractivity contribution is -0.135. The Hall–Kier alpha value is -1.18. The Bertz CT molecular complexity index is 679. The Morgan fingerprint density at radius 3 is 2.93 bits per heavy atom. The van der Waals surface area contributed by atoms with Gasteiger partial charge < -0.3 is 20.5 Å². The maximum absolute atomic E-state index is 12.5. The molecule has 6 atom stereocenters. The Balaban J connectivity index is 1.79. The van der Waals surface area contributed by atoms with Crippen molar-refractivity contribution >= 4 is 22.4 Å². The predicted molar refractivity (Wildman–Crippen MR) is 108 cm³/mol. The second-order valence-corrected chi connectivity index (χ2v) is 9.57. The van der Waals surface area contributed by atoms with Crippen LogP contribution in [0.4, 0.5) is 5.13 Å². The monoisotopic (exact) mass is 395 g/mol. The minimum Gasteiger partial charge on any atom is -0.392 e. The lowest BCUT2D eigenvalue weighted by Gasteiger charge is -2.53. The van der Waals surface area contributed by atoms with Crippen LogP contribution in [0, 0.1) is 23.2 Å². The molecule has 0 spiro atoms. The number of anilines is 1. The summed E-state index contributed by atoms with van der Waals surface area (Å²) in [4.78, 5) is 18.6. The fraction of sp³-hybridized carbons (Fsp3) is 0.800. The van der Waals surface area contributed by atoms with Crippen LogP contribution >= 0.6 is 11.3 Å². The number of hydrogen-bond acceptors (Lipinski definition) is 6. The summed E-state index contributed by atoms with van der Waals surface area (Å²) in [5.41, 5.74) is 1.19. The van der Waals surface area contributed by atoms with Gasteiger partial charge in [0.2, 0.25) is 5.91 Å². The first-order valence-corrected chi connectivity index (χ1v) is 10.8. The molecule has 6 nitrogen and oxygen atoms in total.